The summed E-state index contributed by atoms with van der Waals surface area (Å²) in [4.78, 5) is 6.70. The molecule has 5 heteroatoms. The van der Waals surface area contributed by atoms with Crippen molar-refractivity contribution < 1.29 is 13.9 Å². The Labute approximate surface area is 195 Å². The largest absolute Gasteiger partial charge is 0.497 e. The molecular weight excluding hydrogens is 415 g/mol. The van der Waals surface area contributed by atoms with Gasteiger partial charge in [-0.15, -0.1) is 0 Å². The maximum absolute atomic E-state index is 15.0. The molecule has 0 fully saturated rings. The molecule has 4 rings (SSSR count). The average molecular weight is 445 g/mol. The first-order valence-electron chi connectivity index (χ1n) is 11.1. The molecule has 1 aliphatic rings. The second kappa shape index (κ2) is 9.10. The van der Waals surface area contributed by atoms with Crippen LogP contribution in [0.1, 0.15) is 38.8 Å². The Morgan fingerprint density at radius 1 is 0.970 bits per heavy atom. The van der Waals surface area contributed by atoms with E-state index in [4.69, 9.17) is 9.47 Å². The summed E-state index contributed by atoms with van der Waals surface area (Å²) in [6, 6.07) is 18.3. The third-order valence-corrected chi connectivity index (χ3v) is 5.90. The molecule has 170 valence electrons. The van der Waals surface area contributed by atoms with Crippen molar-refractivity contribution >= 4 is 23.2 Å². The van der Waals surface area contributed by atoms with Crippen molar-refractivity contribution in [3.63, 3.8) is 0 Å². The van der Waals surface area contributed by atoms with Crippen molar-refractivity contribution in [2.24, 2.45) is 4.99 Å². The molecule has 3 aromatic rings. The predicted molar refractivity (Wildman–Crippen MR) is 134 cm³/mol. The van der Waals surface area contributed by atoms with Gasteiger partial charge in [-0.05, 0) is 93.9 Å². The second-order valence-corrected chi connectivity index (χ2v) is 8.65. The Kier molecular flexibility index (Phi) is 6.23. The summed E-state index contributed by atoms with van der Waals surface area (Å²) in [5.74, 6) is 1.91. The van der Waals surface area contributed by atoms with Gasteiger partial charge in [-0.1, -0.05) is 6.08 Å². The summed E-state index contributed by atoms with van der Waals surface area (Å²) in [6.45, 7) is 9.28. The highest BCUT2D eigenvalue weighted by atomic mass is 19.1. The van der Waals surface area contributed by atoms with Gasteiger partial charge in [0, 0.05) is 29.6 Å². The number of hydrogen-bond acceptors (Lipinski definition) is 4. The fourth-order valence-electron chi connectivity index (χ4n) is 4.32. The van der Waals surface area contributed by atoms with Crippen LogP contribution in [-0.2, 0) is 0 Å². The highest BCUT2D eigenvalue weighted by molar-refractivity contribution is 5.89. The predicted octanol–water partition coefficient (Wildman–Crippen LogP) is 7.40. The molecule has 0 amide bonds. The Morgan fingerprint density at radius 2 is 1.58 bits per heavy atom. The summed E-state index contributed by atoms with van der Waals surface area (Å²) in [7, 11) is 1.63. The van der Waals surface area contributed by atoms with Crippen molar-refractivity contribution in [2.45, 2.75) is 33.2 Å². The van der Waals surface area contributed by atoms with Crippen LogP contribution in [0.3, 0.4) is 0 Å². The van der Waals surface area contributed by atoms with E-state index < -0.39 is 0 Å². The third kappa shape index (κ3) is 4.77. The molecule has 0 aromatic heterocycles. The van der Waals surface area contributed by atoms with Crippen molar-refractivity contribution in [3.8, 4) is 17.2 Å². The monoisotopic (exact) mass is 444 g/mol. The lowest BCUT2D eigenvalue weighted by Crippen LogP contribution is -2.45. The van der Waals surface area contributed by atoms with Crippen LogP contribution in [0.25, 0.3) is 5.57 Å². The number of rotatable bonds is 6. The Balaban J connectivity index is 1.53. The molecule has 0 bridgehead atoms. The highest BCUT2D eigenvalue weighted by Gasteiger charge is 2.30. The maximum Gasteiger partial charge on any atom is 0.134 e. The minimum absolute atomic E-state index is 0.149. The van der Waals surface area contributed by atoms with Gasteiger partial charge in [-0.2, -0.15) is 0 Å². The molecule has 33 heavy (non-hydrogen) atoms. The zero-order chi connectivity index (χ0) is 23.6. The van der Waals surface area contributed by atoms with Crippen LogP contribution in [0.4, 0.5) is 15.8 Å². The van der Waals surface area contributed by atoms with Gasteiger partial charge in [-0.3, -0.25) is 4.99 Å². The summed E-state index contributed by atoms with van der Waals surface area (Å²) in [5.41, 5.74) is 4.16. The van der Waals surface area contributed by atoms with E-state index in [0.717, 1.165) is 40.6 Å². The van der Waals surface area contributed by atoms with Crippen LogP contribution in [-0.4, -0.2) is 25.4 Å². The molecule has 0 saturated carbocycles. The molecule has 4 nitrogen and oxygen atoms in total. The maximum atomic E-state index is 15.0. The number of aliphatic imine (C=N–C) groups is 1. The van der Waals surface area contributed by atoms with E-state index in [1.807, 2.05) is 54.6 Å². The zero-order valence-electron chi connectivity index (χ0n) is 19.7. The van der Waals surface area contributed by atoms with Crippen LogP contribution in [0.5, 0.6) is 17.2 Å². The summed E-state index contributed by atoms with van der Waals surface area (Å²) < 4.78 is 26.0. The molecular formula is C28H29FN2O2. The number of benzene rings is 3. The van der Waals surface area contributed by atoms with Crippen LogP contribution >= 0.6 is 0 Å². The average Bonchev–Trinajstić information content (AvgIpc) is 2.79. The van der Waals surface area contributed by atoms with Crippen LogP contribution < -0.4 is 14.4 Å². The third-order valence-electron chi connectivity index (χ3n) is 5.90. The Morgan fingerprint density at radius 3 is 2.18 bits per heavy atom. The summed E-state index contributed by atoms with van der Waals surface area (Å²) in [6.07, 6.45) is 3.82. The molecule has 0 aliphatic carbocycles. The van der Waals surface area contributed by atoms with Crippen molar-refractivity contribution in [1.29, 1.82) is 0 Å². The number of allylic oxidation sites excluding steroid dienone is 1. The number of ether oxygens (including phenoxy) is 2. The van der Waals surface area contributed by atoms with E-state index in [1.54, 1.807) is 19.4 Å². The van der Waals surface area contributed by atoms with E-state index >= 15 is 0 Å². The van der Waals surface area contributed by atoms with E-state index in [0.29, 0.717) is 11.3 Å². The number of hydrogen-bond donors (Lipinski definition) is 0. The van der Waals surface area contributed by atoms with E-state index in [2.05, 4.69) is 43.7 Å². The smallest absolute Gasteiger partial charge is 0.134 e. The quantitative estimate of drug-likeness (QED) is 0.372. The normalized spacial score (nSPS) is 14.7. The second-order valence-electron chi connectivity index (χ2n) is 8.65. The minimum Gasteiger partial charge on any atom is -0.497 e. The number of fused-ring (bicyclic) bond motifs is 1. The lowest BCUT2D eigenvalue weighted by atomic mass is 9.88. The van der Waals surface area contributed by atoms with Gasteiger partial charge in [0.05, 0.1) is 18.3 Å². The molecule has 0 spiro atoms. The van der Waals surface area contributed by atoms with E-state index in [9.17, 15) is 4.39 Å². The summed E-state index contributed by atoms with van der Waals surface area (Å²) in [5, 5.41) is 0. The summed E-state index contributed by atoms with van der Waals surface area (Å²) >= 11 is 0. The molecule has 0 unspecified atom stereocenters. The Bertz CT molecular complexity index is 1200. The number of likely N-dealkylation sites (N-methyl/N-ethyl adjacent to an activating group) is 1. The topological polar surface area (TPSA) is 34.1 Å². The lowest BCUT2D eigenvalue weighted by molar-refractivity contribution is 0.413. The van der Waals surface area contributed by atoms with Gasteiger partial charge in [0.2, 0.25) is 0 Å². The first-order chi connectivity index (χ1) is 15.8. The molecule has 0 radical (unpaired) electrons. The molecule has 1 heterocycles. The van der Waals surface area contributed by atoms with Crippen molar-refractivity contribution in [3.05, 3.63) is 83.7 Å². The van der Waals surface area contributed by atoms with Gasteiger partial charge < -0.3 is 14.4 Å². The van der Waals surface area contributed by atoms with Gasteiger partial charge in [0.1, 0.15) is 23.1 Å². The number of methoxy groups -OCH3 is 1. The zero-order valence-corrected chi connectivity index (χ0v) is 19.7. The molecule has 0 N–H and O–H groups in total. The first-order valence-corrected chi connectivity index (χ1v) is 11.1. The fourth-order valence-corrected chi connectivity index (χ4v) is 4.32. The molecule has 0 atom stereocenters. The van der Waals surface area contributed by atoms with Gasteiger partial charge in [-0.25, -0.2) is 4.39 Å². The van der Waals surface area contributed by atoms with Gasteiger partial charge in [0.25, 0.3) is 0 Å². The highest BCUT2D eigenvalue weighted by Crippen LogP contribution is 2.39. The molecule has 3 aromatic carbocycles. The van der Waals surface area contributed by atoms with Crippen LogP contribution in [0.2, 0.25) is 0 Å². The number of halogens is 1. The lowest BCUT2D eigenvalue weighted by Gasteiger charge is -2.42. The Hall–Kier alpha value is -3.60. The first kappa shape index (κ1) is 22.6. The van der Waals surface area contributed by atoms with Crippen LogP contribution in [0.15, 0.2) is 71.7 Å². The minimum atomic E-state index is -0.277. The van der Waals surface area contributed by atoms with Crippen LogP contribution in [0, 0.1) is 5.82 Å². The van der Waals surface area contributed by atoms with Crippen molar-refractivity contribution in [1.82, 2.24) is 0 Å². The van der Waals surface area contributed by atoms with Crippen molar-refractivity contribution in [2.75, 3.05) is 18.6 Å². The number of anilines is 1. The molecule has 1 aliphatic heterocycles. The number of nitrogens with zero attached hydrogens (tertiary/aromatic N) is 2. The molecule has 0 saturated heterocycles. The standard InChI is InChI=1S/C28H29FN2O2/c1-6-31-27-16-26(29)20(15-25(27)19(2)17-28(31,3)4)18-30-21-7-9-23(10-8-21)33-24-13-11-22(32-5)12-14-24/h7-18H,6H2,1-5H3. The fraction of sp³-hybridized carbons (Fsp3) is 0.250. The van der Waals surface area contributed by atoms with E-state index in [-0.39, 0.29) is 11.4 Å². The van der Waals surface area contributed by atoms with E-state index in [1.165, 1.54) is 0 Å². The SMILES string of the molecule is CCN1c2cc(F)c(C=Nc3ccc(Oc4ccc(OC)cc4)cc3)cc2C(C)=CC1(C)C. The van der Waals surface area contributed by atoms with Gasteiger partial charge in [0.15, 0.2) is 0 Å². The van der Waals surface area contributed by atoms with Gasteiger partial charge >= 0.3 is 0 Å².